The second-order valence-electron chi connectivity index (χ2n) is 40.8. The van der Waals surface area contributed by atoms with Gasteiger partial charge in [0.15, 0.2) is 0 Å². The van der Waals surface area contributed by atoms with Crippen molar-refractivity contribution in [3.05, 3.63) is 286 Å². The third kappa shape index (κ3) is 17.0. The van der Waals surface area contributed by atoms with E-state index in [9.17, 15) is 5.11 Å². The summed E-state index contributed by atoms with van der Waals surface area (Å²) in [4.78, 5) is 3.77. The van der Waals surface area contributed by atoms with E-state index in [-0.39, 0.29) is 66.6 Å². The summed E-state index contributed by atoms with van der Waals surface area (Å²) >= 11 is 3.41. The van der Waals surface area contributed by atoms with Crippen molar-refractivity contribution in [3.63, 3.8) is 0 Å². The molecule has 1 N–H and O–H groups in total. The summed E-state index contributed by atoms with van der Waals surface area (Å²) in [6.45, 7) is 55.1. The average Bonchev–Trinajstić information content (AvgIpc) is 1.56. The average molecular weight is 1690 g/mol. The van der Waals surface area contributed by atoms with Crippen LogP contribution in [0.1, 0.15) is 197 Å². The van der Waals surface area contributed by atoms with E-state index < -0.39 is 5.60 Å². The number of halogens is 1. The largest absolute Gasteiger partial charge is 1.00 e. The van der Waals surface area contributed by atoms with Crippen LogP contribution in [0.4, 0.5) is 0 Å². The number of H-pyrrole nitrogens is 1. The van der Waals surface area contributed by atoms with E-state index in [0.29, 0.717) is 10.3 Å². The monoisotopic (exact) mass is 1680 g/mol. The number of rotatable bonds is 3. The number of aryl methyl sites for hydroxylation is 4. The van der Waals surface area contributed by atoms with Gasteiger partial charge in [-0.1, -0.05) is 304 Å². The molecule has 0 aliphatic rings. The molecular weight excluding hydrogens is 1570 g/mol. The maximum atomic E-state index is 10.1. The van der Waals surface area contributed by atoms with Crippen molar-refractivity contribution in [1.29, 1.82) is 0 Å². The molecule has 4 aromatic heterocycles. The van der Waals surface area contributed by atoms with Crippen LogP contribution in [0.15, 0.2) is 250 Å². The summed E-state index contributed by atoms with van der Waals surface area (Å²) in [5, 5.41) is 37.4. The molecule has 121 heavy (non-hydrogen) atoms. The predicted octanol–water partition coefficient (Wildman–Crippen LogP) is 30.4. The fourth-order valence-electron chi connectivity index (χ4n) is 18.6. The molecule has 0 fully saturated rings. The molecule has 0 unspecified atom stereocenters. The SMILES string of the molecule is C.CC(C)(C)P(c1ccccc1-c1ccccc1)C(C)(C)C.CC(C)(C)[O-].CC(C)(C)c1ccc2[nH]c3c(cc4ccc5c6oc7ccc(C(C)(C)C)cc7c6cc6ccc3c4c65)c2c1.Cc1cc(C)cc(-n2c3ccc(C(C)(C)C)cc3c3cc4ccc5c6oc7ccc(C(C)(C)C)cc7c6cc6ccc(c4c65)c32)c1.Cc1cc(C)cc(Br)c1.[Na+]. The number of aromatic amines is 1. The molecule has 20 rings (SSSR count). The van der Waals surface area contributed by atoms with E-state index >= 15 is 0 Å². The Morgan fingerprint density at radius 2 is 0.727 bits per heavy atom. The number of furan rings is 2. The zero-order valence-electron chi connectivity index (χ0n) is 75.5. The van der Waals surface area contributed by atoms with Crippen molar-refractivity contribution >= 4 is 181 Å². The molecule has 0 saturated heterocycles. The minimum atomic E-state index is -0.750. The fourth-order valence-corrected chi connectivity index (χ4v) is 23.5. The van der Waals surface area contributed by atoms with Crippen LogP contribution in [-0.2, 0) is 21.7 Å². The number of nitrogens with one attached hydrogen (secondary N) is 1. The number of hydrogen-bond donors (Lipinski definition) is 1. The van der Waals surface area contributed by atoms with Gasteiger partial charge in [0.2, 0.25) is 0 Å². The van der Waals surface area contributed by atoms with E-state index in [0.717, 1.165) is 22.3 Å². The van der Waals surface area contributed by atoms with Crippen LogP contribution in [0.3, 0.4) is 0 Å². The Morgan fingerprint density at radius 1 is 0.347 bits per heavy atom. The molecule has 4 heterocycles. The van der Waals surface area contributed by atoms with Crippen molar-refractivity contribution in [1.82, 2.24) is 9.55 Å². The van der Waals surface area contributed by atoms with Gasteiger partial charge in [-0.25, -0.2) is 0 Å². The third-order valence-corrected chi connectivity index (χ3v) is 27.7. The maximum absolute atomic E-state index is 10.1. The van der Waals surface area contributed by atoms with Gasteiger partial charge in [0, 0.05) is 91.1 Å². The Balaban J connectivity index is 0.000000143. The number of nitrogens with zero attached hydrogens (tertiary/aromatic N) is 1. The molecule has 0 atom stereocenters. The van der Waals surface area contributed by atoms with Gasteiger partial charge in [-0.3, -0.25) is 0 Å². The fraction of sp³-hybridized carbons (Fsp3) is 0.292. The van der Waals surface area contributed by atoms with Gasteiger partial charge in [0.05, 0.1) is 16.6 Å². The van der Waals surface area contributed by atoms with E-state index in [1.54, 1.807) is 20.8 Å². The van der Waals surface area contributed by atoms with Gasteiger partial charge < -0.3 is 23.5 Å². The number of benzene rings is 16. The van der Waals surface area contributed by atoms with Crippen LogP contribution in [0.5, 0.6) is 0 Å². The molecule has 0 bridgehead atoms. The molecule has 0 aliphatic heterocycles. The van der Waals surface area contributed by atoms with Crippen LogP contribution >= 0.6 is 23.9 Å². The topological polar surface area (TPSA) is 70.1 Å². The van der Waals surface area contributed by atoms with Crippen molar-refractivity contribution in [2.75, 3.05) is 0 Å². The minimum absolute atomic E-state index is 0. The zero-order chi connectivity index (χ0) is 85.0. The standard InChI is InChI=1S/C44H39NO.C36H31NO.C20H27P.C8H9Br.C4H9O.CH4.Na/c1-24-17-25(2)19-30(18-24)45-37-15-11-28(43(3,4)5)22-33(37)35-20-26-10-14-32-40-27(9-13-31(39(26)40)41(35)45)21-36-34-23-29(44(6,7)8)12-16-38(34)46-42(32)36;1-35(2,3)21-9-13-29-25(17-21)27-15-19-8-12-24-32-20(7-11-23(31(19)32)33(27)37-29)16-28-26-18-22(36(4,5)6)10-14-30(26)38-34(24)28;1-19(2,3)21(20(4,5)6)18-15-11-10-14-17(18)16-12-8-7-9-13-16;1-6-3-7(2)5-8(9)4-6;1-4(2,3)5;;/h9-23H,1-8H3;7-18,37H,1-6H3;7-15H,1-6H3;3-5H,1-2H3;1-3H3;1H4;/q;;;;-1;;+1. The molecule has 0 radical (unpaired) electrons. The molecular formula is C113H119BrN2NaO3P. The molecule has 8 heteroatoms. The van der Waals surface area contributed by atoms with Crippen LogP contribution in [0, 0.1) is 27.7 Å². The molecule has 0 aliphatic carbocycles. The summed E-state index contributed by atoms with van der Waals surface area (Å²) in [6.07, 6.45) is 0. The van der Waals surface area contributed by atoms with Gasteiger partial charge >= 0.3 is 29.6 Å². The van der Waals surface area contributed by atoms with E-state index in [1.807, 2.05) is 0 Å². The Morgan fingerprint density at radius 3 is 1.19 bits per heavy atom. The van der Waals surface area contributed by atoms with E-state index in [4.69, 9.17) is 8.83 Å². The van der Waals surface area contributed by atoms with Crippen LogP contribution in [0.25, 0.3) is 169 Å². The minimum Gasteiger partial charge on any atom is -0.850 e. The van der Waals surface area contributed by atoms with E-state index in [2.05, 4.69) is 414 Å². The summed E-state index contributed by atoms with van der Waals surface area (Å²) in [5.41, 5.74) is 22.8. The Labute approximate surface area is 748 Å². The summed E-state index contributed by atoms with van der Waals surface area (Å²) < 4.78 is 16.9. The predicted molar refractivity (Wildman–Crippen MR) is 531 cm³/mol. The number of fused-ring (bicyclic) bond motifs is 16. The molecule has 0 spiro atoms. The van der Waals surface area contributed by atoms with Crippen molar-refractivity contribution < 1.29 is 43.5 Å². The first-order chi connectivity index (χ1) is 55.8. The van der Waals surface area contributed by atoms with Crippen LogP contribution in [0.2, 0.25) is 0 Å². The van der Waals surface area contributed by atoms with Crippen LogP contribution < -0.4 is 40.0 Å². The molecule has 0 amide bonds. The summed E-state index contributed by atoms with van der Waals surface area (Å²) in [5.74, 6) is 0. The smallest absolute Gasteiger partial charge is 0.850 e. The first-order valence-corrected chi connectivity index (χ1v) is 44.5. The van der Waals surface area contributed by atoms with Crippen LogP contribution in [-0.4, -0.2) is 25.5 Å². The van der Waals surface area contributed by atoms with Gasteiger partial charge in [0.25, 0.3) is 0 Å². The van der Waals surface area contributed by atoms with Crippen molar-refractivity contribution in [3.8, 4) is 16.8 Å². The molecule has 20 aromatic rings. The maximum Gasteiger partial charge on any atom is 1.00 e. The Bertz CT molecular complexity index is 7090. The second-order valence-corrected chi connectivity index (χ2v) is 45.6. The van der Waals surface area contributed by atoms with Crippen molar-refractivity contribution in [2.45, 2.75) is 218 Å². The normalized spacial score (nSPS) is 12.7. The van der Waals surface area contributed by atoms with Gasteiger partial charge in [-0.2, -0.15) is 0 Å². The zero-order valence-corrected chi connectivity index (χ0v) is 80.0. The summed E-state index contributed by atoms with van der Waals surface area (Å²) in [6, 6.07) is 88.3. The molecule has 612 valence electrons. The molecule has 16 aromatic carbocycles. The molecule has 5 nitrogen and oxygen atoms in total. The van der Waals surface area contributed by atoms with Gasteiger partial charge in [-0.05, 0) is 262 Å². The first kappa shape index (κ1) is 88.0. The second kappa shape index (κ2) is 32.1. The van der Waals surface area contributed by atoms with Crippen molar-refractivity contribution in [2.24, 2.45) is 0 Å². The number of hydrogen-bond acceptors (Lipinski definition) is 3. The van der Waals surface area contributed by atoms with E-state index in [1.165, 1.54) is 201 Å². The Hall–Kier alpha value is -9.33. The first-order valence-electron chi connectivity index (χ1n) is 42.4. The Kier molecular flexibility index (Phi) is 23.3. The number of aromatic nitrogens is 2. The van der Waals surface area contributed by atoms with Gasteiger partial charge in [-0.15, -0.1) is 5.60 Å². The molecule has 0 saturated carbocycles. The third-order valence-electron chi connectivity index (χ3n) is 23.6. The summed E-state index contributed by atoms with van der Waals surface area (Å²) in [7, 11) is -0.282. The van der Waals surface area contributed by atoms with Gasteiger partial charge in [0.1, 0.15) is 22.3 Å². The quantitative estimate of drug-likeness (QED) is 0.109.